The number of carbonyl (C=O) groups is 2. The molecule has 2 aromatic carbocycles. The molecule has 4 rings (SSSR count). The van der Waals surface area contributed by atoms with Crippen LogP contribution in [0.3, 0.4) is 0 Å². The number of nitrogens with zero attached hydrogens (tertiary/aromatic N) is 2. The zero-order chi connectivity index (χ0) is 19.5. The molecular formula is C22H22N2O4. The van der Waals surface area contributed by atoms with E-state index in [-0.39, 0.29) is 25.0 Å². The van der Waals surface area contributed by atoms with Gasteiger partial charge in [-0.05, 0) is 42.5 Å². The third kappa shape index (κ3) is 3.63. The summed E-state index contributed by atoms with van der Waals surface area (Å²) >= 11 is 0. The van der Waals surface area contributed by atoms with Gasteiger partial charge >= 0.3 is 5.97 Å². The Morgan fingerprint density at radius 3 is 2.86 bits per heavy atom. The minimum Gasteiger partial charge on any atom is -0.455 e. The fourth-order valence-electron chi connectivity index (χ4n) is 3.80. The molecule has 1 aliphatic rings. The summed E-state index contributed by atoms with van der Waals surface area (Å²) in [6, 6.07) is 15.6. The Morgan fingerprint density at radius 1 is 1.18 bits per heavy atom. The smallest absolute Gasteiger partial charge is 0.312 e. The number of aryl methyl sites for hydroxylation is 1. The van der Waals surface area contributed by atoms with Crippen LogP contribution in [-0.4, -0.2) is 35.6 Å². The monoisotopic (exact) mass is 378 g/mol. The molecule has 6 heteroatoms. The first-order chi connectivity index (χ1) is 13.6. The fourth-order valence-corrected chi connectivity index (χ4v) is 3.80. The summed E-state index contributed by atoms with van der Waals surface area (Å²) in [6.07, 6.45) is 2.96. The molecule has 0 radical (unpaired) electrons. The summed E-state index contributed by atoms with van der Waals surface area (Å²) < 4.78 is 10.4. The van der Waals surface area contributed by atoms with Crippen LogP contribution in [0.1, 0.15) is 35.7 Å². The molecule has 0 saturated heterocycles. The molecule has 3 aromatic rings. The number of rotatable bonds is 5. The van der Waals surface area contributed by atoms with Gasteiger partial charge in [0.05, 0.1) is 12.5 Å². The predicted octanol–water partition coefficient (Wildman–Crippen LogP) is 3.45. The highest BCUT2D eigenvalue weighted by Crippen LogP contribution is 2.33. The third-order valence-corrected chi connectivity index (χ3v) is 5.32. The fraction of sp³-hybridized carbons (Fsp3) is 0.318. The molecule has 28 heavy (non-hydrogen) atoms. The second-order valence-corrected chi connectivity index (χ2v) is 7.07. The van der Waals surface area contributed by atoms with Crippen LogP contribution in [-0.2, 0) is 27.2 Å². The summed E-state index contributed by atoms with van der Waals surface area (Å²) in [7, 11) is 1.77. The molecule has 144 valence electrons. The lowest BCUT2D eigenvalue weighted by Crippen LogP contribution is -2.36. The lowest BCUT2D eigenvalue weighted by molar-refractivity contribution is -0.152. The van der Waals surface area contributed by atoms with E-state index >= 15 is 0 Å². The van der Waals surface area contributed by atoms with E-state index in [2.05, 4.69) is 17.3 Å². The van der Waals surface area contributed by atoms with Crippen LogP contribution in [0.25, 0.3) is 11.0 Å². The number of esters is 1. The number of likely N-dealkylation sites (N-methyl/N-ethyl adjacent to an activating group) is 1. The van der Waals surface area contributed by atoms with Crippen molar-refractivity contribution < 1.29 is 18.8 Å². The highest BCUT2D eigenvalue weighted by atomic mass is 16.5. The van der Waals surface area contributed by atoms with Crippen LogP contribution in [0.15, 0.2) is 53.1 Å². The number of aromatic nitrogens is 1. The van der Waals surface area contributed by atoms with E-state index in [1.165, 1.54) is 11.1 Å². The average molecular weight is 378 g/mol. The summed E-state index contributed by atoms with van der Waals surface area (Å²) in [5, 5.41) is 4.70. The van der Waals surface area contributed by atoms with Crippen LogP contribution >= 0.6 is 0 Å². The molecule has 1 aromatic heterocycles. The average Bonchev–Trinajstić information content (AvgIpc) is 3.14. The normalized spacial score (nSPS) is 15.8. The first-order valence-corrected chi connectivity index (χ1v) is 9.46. The molecule has 0 unspecified atom stereocenters. The number of benzene rings is 2. The minimum atomic E-state index is -0.496. The Kier molecular flexibility index (Phi) is 5.10. The van der Waals surface area contributed by atoms with Crippen LogP contribution in [0.5, 0.6) is 0 Å². The molecule has 0 spiro atoms. The molecule has 6 nitrogen and oxygen atoms in total. The first kappa shape index (κ1) is 18.2. The van der Waals surface area contributed by atoms with Crippen molar-refractivity contribution in [3.05, 3.63) is 65.4 Å². The molecule has 0 saturated carbocycles. The van der Waals surface area contributed by atoms with E-state index in [1.54, 1.807) is 18.0 Å². The van der Waals surface area contributed by atoms with Gasteiger partial charge in [-0.15, -0.1) is 0 Å². The van der Waals surface area contributed by atoms with Crippen molar-refractivity contribution in [1.82, 2.24) is 10.1 Å². The summed E-state index contributed by atoms with van der Waals surface area (Å²) in [5.41, 5.74) is 3.61. The Morgan fingerprint density at radius 2 is 1.96 bits per heavy atom. The summed E-state index contributed by atoms with van der Waals surface area (Å²) in [4.78, 5) is 26.5. The Labute approximate surface area is 163 Å². The van der Waals surface area contributed by atoms with Crippen molar-refractivity contribution in [1.29, 1.82) is 0 Å². The van der Waals surface area contributed by atoms with Gasteiger partial charge in [0, 0.05) is 12.4 Å². The largest absolute Gasteiger partial charge is 0.455 e. The van der Waals surface area contributed by atoms with Gasteiger partial charge in [-0.3, -0.25) is 9.59 Å². The highest BCUT2D eigenvalue weighted by Gasteiger charge is 2.27. The van der Waals surface area contributed by atoms with Crippen LogP contribution in [0.4, 0.5) is 0 Å². The molecule has 0 N–H and O–H groups in total. The Balaban J connectivity index is 1.36. The molecule has 0 fully saturated rings. The maximum absolute atomic E-state index is 12.6. The van der Waals surface area contributed by atoms with Crippen molar-refractivity contribution in [3.8, 4) is 0 Å². The number of carbonyl (C=O) groups excluding carboxylic acids is 2. The van der Waals surface area contributed by atoms with Crippen molar-refractivity contribution in [2.45, 2.75) is 31.7 Å². The maximum atomic E-state index is 12.6. The van der Waals surface area contributed by atoms with E-state index in [4.69, 9.17) is 9.26 Å². The van der Waals surface area contributed by atoms with Gasteiger partial charge in [0.1, 0.15) is 5.69 Å². The molecule has 1 atom stereocenters. The van der Waals surface area contributed by atoms with Gasteiger partial charge in [-0.1, -0.05) is 41.6 Å². The van der Waals surface area contributed by atoms with Crippen LogP contribution in [0, 0.1) is 0 Å². The molecule has 1 amide bonds. The molecule has 1 heterocycles. The van der Waals surface area contributed by atoms with Gasteiger partial charge in [0.15, 0.2) is 12.2 Å². The van der Waals surface area contributed by atoms with Gasteiger partial charge in [0.2, 0.25) is 0 Å². The molecule has 0 aliphatic heterocycles. The number of amides is 1. The molecular weight excluding hydrogens is 356 g/mol. The van der Waals surface area contributed by atoms with Gasteiger partial charge in [-0.25, -0.2) is 0 Å². The molecule has 0 bridgehead atoms. The van der Waals surface area contributed by atoms with Crippen molar-refractivity contribution in [3.63, 3.8) is 0 Å². The third-order valence-electron chi connectivity index (χ3n) is 5.32. The van der Waals surface area contributed by atoms with E-state index < -0.39 is 5.97 Å². The SMILES string of the molecule is CN(C(=O)COC(=O)Cc1noc2ccccc12)[C@@H]1CCCc2ccccc21. The standard InChI is InChI=1S/C22H22N2O4/c1-24(19-11-6-8-15-7-2-3-9-16(15)19)21(25)14-27-22(26)13-18-17-10-4-5-12-20(17)28-23-18/h2-5,7,9-10,12,19H,6,8,11,13-14H2,1H3/t19-/m1/s1. The predicted molar refractivity (Wildman–Crippen MR) is 104 cm³/mol. The van der Waals surface area contributed by atoms with Crippen LogP contribution in [0.2, 0.25) is 0 Å². The first-order valence-electron chi connectivity index (χ1n) is 9.46. The second kappa shape index (κ2) is 7.84. The van der Waals surface area contributed by atoms with Gasteiger partial charge in [0.25, 0.3) is 5.91 Å². The van der Waals surface area contributed by atoms with Crippen molar-refractivity contribution >= 4 is 22.8 Å². The van der Waals surface area contributed by atoms with E-state index in [0.29, 0.717) is 11.3 Å². The maximum Gasteiger partial charge on any atom is 0.312 e. The van der Waals surface area contributed by atoms with Gasteiger partial charge < -0.3 is 14.2 Å². The number of ether oxygens (including phenoxy) is 1. The lowest BCUT2D eigenvalue weighted by atomic mass is 9.87. The lowest BCUT2D eigenvalue weighted by Gasteiger charge is -2.33. The van der Waals surface area contributed by atoms with E-state index in [1.807, 2.05) is 30.3 Å². The quantitative estimate of drug-likeness (QED) is 0.636. The number of fused-ring (bicyclic) bond motifs is 2. The molecule has 1 aliphatic carbocycles. The Hall–Kier alpha value is -3.15. The van der Waals surface area contributed by atoms with Crippen molar-refractivity contribution in [2.24, 2.45) is 0 Å². The van der Waals surface area contributed by atoms with Crippen LogP contribution < -0.4 is 0 Å². The van der Waals surface area contributed by atoms with E-state index in [9.17, 15) is 9.59 Å². The zero-order valence-electron chi connectivity index (χ0n) is 15.8. The number of para-hydroxylation sites is 1. The number of hydrogen-bond acceptors (Lipinski definition) is 5. The minimum absolute atomic E-state index is 0.0237. The summed E-state index contributed by atoms with van der Waals surface area (Å²) in [6.45, 7) is -0.274. The van der Waals surface area contributed by atoms with Gasteiger partial charge in [-0.2, -0.15) is 0 Å². The second-order valence-electron chi connectivity index (χ2n) is 7.07. The van der Waals surface area contributed by atoms with Crippen molar-refractivity contribution in [2.75, 3.05) is 13.7 Å². The topological polar surface area (TPSA) is 72.6 Å². The summed E-state index contributed by atoms with van der Waals surface area (Å²) in [5.74, 6) is -0.704. The zero-order valence-corrected chi connectivity index (χ0v) is 15.8. The number of hydrogen-bond donors (Lipinski definition) is 0. The Bertz CT molecular complexity index is 1010. The highest BCUT2D eigenvalue weighted by molar-refractivity contribution is 5.85. The van der Waals surface area contributed by atoms with E-state index in [0.717, 1.165) is 24.6 Å².